The molecule has 0 aliphatic carbocycles. The van der Waals surface area contributed by atoms with E-state index in [2.05, 4.69) is 27.3 Å². The zero-order chi connectivity index (χ0) is 10.4. The van der Waals surface area contributed by atoms with Crippen molar-refractivity contribution < 1.29 is 10.2 Å². The Bertz CT molecular complexity index is 263. The average Bonchev–Trinajstić information content (AvgIpc) is 2.59. The predicted octanol–water partition coefficient (Wildman–Crippen LogP) is 0.996. The summed E-state index contributed by atoms with van der Waals surface area (Å²) in [5, 5.41) is 22.7. The van der Waals surface area contributed by atoms with Gasteiger partial charge < -0.3 is 15.5 Å². The second-order valence-corrected chi connectivity index (χ2v) is 4.91. The fraction of sp³-hybridized carbons (Fsp3) is 0.556. The van der Waals surface area contributed by atoms with Crippen molar-refractivity contribution in [2.75, 3.05) is 19.8 Å². The van der Waals surface area contributed by atoms with E-state index < -0.39 is 0 Å². The first-order valence-corrected chi connectivity index (χ1v) is 6.11. The summed E-state index contributed by atoms with van der Waals surface area (Å²) in [6, 6.07) is 1.89. The molecule has 14 heavy (non-hydrogen) atoms. The molecule has 0 atom stereocenters. The molecular weight excluding hydrogens is 266 g/mol. The van der Waals surface area contributed by atoms with E-state index in [9.17, 15) is 0 Å². The van der Waals surface area contributed by atoms with E-state index >= 15 is 0 Å². The molecule has 0 aromatic carbocycles. The molecule has 3 N–H and O–H groups in total. The van der Waals surface area contributed by atoms with Gasteiger partial charge in [0.1, 0.15) is 0 Å². The quantitative estimate of drug-likeness (QED) is 0.728. The maximum Gasteiger partial charge on any atom is 0.0607 e. The molecule has 0 fully saturated rings. The highest BCUT2D eigenvalue weighted by Crippen LogP contribution is 2.19. The number of aliphatic hydroxyl groups is 2. The molecule has 0 saturated carbocycles. The fourth-order valence-corrected chi connectivity index (χ4v) is 2.53. The molecule has 5 heteroatoms. The van der Waals surface area contributed by atoms with Crippen LogP contribution in [0.15, 0.2) is 15.9 Å². The lowest BCUT2D eigenvalue weighted by Crippen LogP contribution is -2.36. The Labute approximate surface area is 95.9 Å². The minimum Gasteiger partial charge on any atom is -0.395 e. The number of thiophene rings is 1. The Balaban J connectivity index is 2.21. The molecule has 0 bridgehead atoms. The molecule has 0 saturated heterocycles. The largest absolute Gasteiger partial charge is 0.395 e. The van der Waals surface area contributed by atoms with Gasteiger partial charge in [-0.15, -0.1) is 11.3 Å². The number of halogens is 1. The van der Waals surface area contributed by atoms with Crippen molar-refractivity contribution in [1.82, 2.24) is 5.32 Å². The van der Waals surface area contributed by atoms with Crippen LogP contribution in [0.1, 0.15) is 4.88 Å². The van der Waals surface area contributed by atoms with Gasteiger partial charge in [0.25, 0.3) is 0 Å². The van der Waals surface area contributed by atoms with Gasteiger partial charge in [-0.1, -0.05) is 0 Å². The average molecular weight is 280 g/mol. The zero-order valence-electron chi connectivity index (χ0n) is 7.74. The Morgan fingerprint density at radius 2 is 2.14 bits per heavy atom. The molecule has 0 aliphatic heterocycles. The van der Waals surface area contributed by atoms with Gasteiger partial charge in [-0.05, 0) is 28.4 Å². The lowest BCUT2D eigenvalue weighted by molar-refractivity contribution is 0.172. The molecule has 0 unspecified atom stereocenters. The zero-order valence-corrected chi connectivity index (χ0v) is 10.1. The number of nitrogens with one attached hydrogen (secondary N) is 1. The molecule has 1 aromatic rings. The monoisotopic (exact) mass is 279 g/mol. The van der Waals surface area contributed by atoms with E-state index in [0.717, 1.165) is 17.4 Å². The third kappa shape index (κ3) is 4.06. The molecule has 80 valence electrons. The van der Waals surface area contributed by atoms with Gasteiger partial charge in [-0.2, -0.15) is 0 Å². The summed E-state index contributed by atoms with van der Waals surface area (Å²) in [7, 11) is 0. The van der Waals surface area contributed by atoms with E-state index in [0.29, 0.717) is 0 Å². The molecule has 0 spiro atoms. The maximum absolute atomic E-state index is 8.80. The molecular formula is C9H14BrNO2S. The Hall–Kier alpha value is 0.0600. The van der Waals surface area contributed by atoms with Crippen LogP contribution >= 0.6 is 27.3 Å². The van der Waals surface area contributed by atoms with Gasteiger partial charge in [0.15, 0.2) is 0 Å². The third-order valence-electron chi connectivity index (χ3n) is 1.87. The second kappa shape index (κ2) is 6.53. The summed E-state index contributed by atoms with van der Waals surface area (Å²) in [6.07, 6.45) is 0.923. The number of hydrogen-bond donors (Lipinski definition) is 3. The van der Waals surface area contributed by atoms with Crippen molar-refractivity contribution in [1.29, 1.82) is 0 Å². The van der Waals surface area contributed by atoms with Crippen molar-refractivity contribution in [2.45, 2.75) is 12.5 Å². The summed E-state index contributed by atoms with van der Waals surface area (Å²) < 4.78 is 1.11. The molecule has 0 amide bonds. The van der Waals surface area contributed by atoms with Gasteiger partial charge in [-0.3, -0.25) is 0 Å². The first kappa shape index (κ1) is 12.1. The summed E-state index contributed by atoms with van der Waals surface area (Å²) in [5.41, 5.74) is 0. The van der Waals surface area contributed by atoms with Crippen molar-refractivity contribution in [3.63, 3.8) is 0 Å². The standard InChI is InChI=1S/C9H14BrNO2S/c10-7-3-9(14-6-7)1-2-11-8(4-12)5-13/h3,6,8,11-13H,1-2,4-5H2. The van der Waals surface area contributed by atoms with Gasteiger partial charge in [0.2, 0.25) is 0 Å². The molecule has 3 nitrogen and oxygen atoms in total. The molecule has 0 aliphatic rings. The Kier molecular flexibility index (Phi) is 5.66. The highest BCUT2D eigenvalue weighted by molar-refractivity contribution is 9.10. The van der Waals surface area contributed by atoms with Crippen LogP contribution in [0.5, 0.6) is 0 Å². The summed E-state index contributed by atoms with van der Waals surface area (Å²) in [5.74, 6) is 0. The number of hydrogen-bond acceptors (Lipinski definition) is 4. The van der Waals surface area contributed by atoms with Crippen LogP contribution in [0.2, 0.25) is 0 Å². The Morgan fingerprint density at radius 3 is 2.64 bits per heavy atom. The lowest BCUT2D eigenvalue weighted by Gasteiger charge is -2.12. The van der Waals surface area contributed by atoms with Crippen molar-refractivity contribution in [3.05, 3.63) is 20.8 Å². The molecule has 1 heterocycles. The van der Waals surface area contributed by atoms with Crippen LogP contribution < -0.4 is 5.32 Å². The predicted molar refractivity (Wildman–Crippen MR) is 61.7 cm³/mol. The summed E-state index contributed by atoms with van der Waals surface area (Å²) >= 11 is 5.09. The maximum atomic E-state index is 8.80. The van der Waals surface area contributed by atoms with E-state index in [1.807, 2.05) is 5.38 Å². The van der Waals surface area contributed by atoms with Crippen LogP contribution in [0, 0.1) is 0 Å². The van der Waals surface area contributed by atoms with Crippen molar-refractivity contribution >= 4 is 27.3 Å². The highest BCUT2D eigenvalue weighted by atomic mass is 79.9. The van der Waals surface area contributed by atoms with Crippen molar-refractivity contribution in [2.24, 2.45) is 0 Å². The van der Waals surface area contributed by atoms with E-state index in [1.165, 1.54) is 4.88 Å². The number of aliphatic hydroxyl groups excluding tert-OH is 2. The van der Waals surface area contributed by atoms with E-state index in [-0.39, 0.29) is 19.3 Å². The van der Waals surface area contributed by atoms with Crippen LogP contribution in [-0.2, 0) is 6.42 Å². The van der Waals surface area contributed by atoms with Gasteiger partial charge >= 0.3 is 0 Å². The number of rotatable bonds is 6. The van der Waals surface area contributed by atoms with Gasteiger partial charge in [-0.25, -0.2) is 0 Å². The topological polar surface area (TPSA) is 52.5 Å². The first-order chi connectivity index (χ1) is 6.76. The Morgan fingerprint density at radius 1 is 1.43 bits per heavy atom. The molecule has 1 aromatic heterocycles. The van der Waals surface area contributed by atoms with Crippen molar-refractivity contribution in [3.8, 4) is 0 Å². The van der Waals surface area contributed by atoms with Crippen LogP contribution in [0.3, 0.4) is 0 Å². The summed E-state index contributed by atoms with van der Waals surface area (Å²) in [6.45, 7) is 0.730. The summed E-state index contributed by atoms with van der Waals surface area (Å²) in [4.78, 5) is 1.29. The van der Waals surface area contributed by atoms with Crippen LogP contribution in [0.25, 0.3) is 0 Å². The normalized spacial score (nSPS) is 11.1. The first-order valence-electron chi connectivity index (χ1n) is 4.44. The van der Waals surface area contributed by atoms with Crippen LogP contribution in [0.4, 0.5) is 0 Å². The van der Waals surface area contributed by atoms with Gasteiger partial charge in [0, 0.05) is 21.3 Å². The van der Waals surface area contributed by atoms with Crippen LogP contribution in [-0.4, -0.2) is 36.0 Å². The minimum absolute atomic E-state index is 0.0232. The lowest BCUT2D eigenvalue weighted by atomic mass is 10.3. The van der Waals surface area contributed by atoms with E-state index in [1.54, 1.807) is 11.3 Å². The van der Waals surface area contributed by atoms with Gasteiger partial charge in [0.05, 0.1) is 19.3 Å². The fourth-order valence-electron chi connectivity index (χ4n) is 1.07. The highest BCUT2D eigenvalue weighted by Gasteiger charge is 2.04. The second-order valence-electron chi connectivity index (χ2n) is 3.00. The molecule has 1 rings (SSSR count). The van der Waals surface area contributed by atoms with E-state index in [4.69, 9.17) is 10.2 Å². The SMILES string of the molecule is OCC(CO)NCCc1cc(Br)cs1. The smallest absolute Gasteiger partial charge is 0.0607 e. The minimum atomic E-state index is -0.196. The molecule has 0 radical (unpaired) electrons. The third-order valence-corrected chi connectivity index (χ3v) is 3.62.